The highest BCUT2D eigenvalue weighted by Gasteiger charge is 2.85. The minimum atomic E-state index is -7.95. The van der Waals surface area contributed by atoms with Crippen LogP contribution in [-0.4, -0.2) is 97.3 Å². The number of aromatic amines is 4. The summed E-state index contributed by atoms with van der Waals surface area (Å²) < 4.78 is 361. The highest BCUT2D eigenvalue weighted by atomic mass is 32.1. The molecule has 0 aromatic carbocycles. The van der Waals surface area contributed by atoms with E-state index in [2.05, 4.69) is 43.9 Å². The standard InChI is InChI=1S/C10H2F17N3O2S.C7H2F11N3OS/c11-3(6(15,16)17,1-28-2(33)30-29-1)31-10(26,27)5(14,8(21,22)23)32-9(24,25)4(12,13)7(18,19)20;8-3(5(11,12)13,1-19-2(23)21-20-1)22-7(17,18)4(9,10)6(14,15)16/h(H2,28,29,30,33);(H2,19,20,21,23). The van der Waals surface area contributed by atoms with Crippen molar-refractivity contribution in [2.45, 2.75) is 78.6 Å². The Kier molecular flexibility index (Phi) is 13.1. The summed E-state index contributed by atoms with van der Waals surface area (Å²) >= 11 is 8.10. The van der Waals surface area contributed by atoms with Crippen molar-refractivity contribution in [1.82, 2.24) is 30.4 Å². The van der Waals surface area contributed by atoms with Crippen molar-refractivity contribution < 1.29 is 137 Å². The van der Waals surface area contributed by atoms with E-state index in [4.69, 9.17) is 0 Å². The largest absolute Gasteiger partial charge is 0.462 e. The lowest BCUT2D eigenvalue weighted by Crippen LogP contribution is -2.67. The van der Waals surface area contributed by atoms with Gasteiger partial charge in [-0.1, -0.05) is 0 Å². The van der Waals surface area contributed by atoms with Crippen LogP contribution in [0.1, 0.15) is 11.6 Å². The number of alkyl halides is 28. The van der Waals surface area contributed by atoms with E-state index in [1.54, 1.807) is 0 Å². The molecule has 3 atom stereocenters. The molecule has 0 spiro atoms. The first-order valence-corrected chi connectivity index (χ1v) is 12.6. The summed E-state index contributed by atoms with van der Waals surface area (Å²) in [6.07, 6.45) is -58.5. The lowest BCUT2D eigenvalue weighted by atomic mass is 10.2. The molecular formula is C17H4F28N6O3S2. The molecule has 0 aliphatic rings. The van der Waals surface area contributed by atoms with Crippen LogP contribution in [0, 0.1) is 9.54 Å². The van der Waals surface area contributed by atoms with Gasteiger partial charge in [0.05, 0.1) is 0 Å². The Morgan fingerprint density at radius 2 is 0.607 bits per heavy atom. The molecule has 0 fully saturated rings. The van der Waals surface area contributed by atoms with Crippen LogP contribution in [0.5, 0.6) is 0 Å². The van der Waals surface area contributed by atoms with Crippen LogP contribution < -0.4 is 0 Å². The fraction of sp³-hybridized carbons (Fsp3) is 0.765. The van der Waals surface area contributed by atoms with Crippen molar-refractivity contribution >= 4 is 24.4 Å². The molecule has 0 aliphatic carbocycles. The Labute approximate surface area is 292 Å². The normalized spacial score (nSPS) is 18.1. The zero-order valence-electron chi connectivity index (χ0n) is 24.0. The van der Waals surface area contributed by atoms with E-state index >= 15 is 0 Å². The number of nitrogens with one attached hydrogen (secondary N) is 4. The zero-order chi connectivity index (χ0) is 45.2. The number of aromatic nitrogens is 6. The molecular weight excluding hydrogens is 932 g/mol. The molecule has 0 saturated heterocycles. The summed E-state index contributed by atoms with van der Waals surface area (Å²) in [5.74, 6) is -40.0. The Morgan fingerprint density at radius 3 is 0.821 bits per heavy atom. The highest BCUT2D eigenvalue weighted by Crippen LogP contribution is 2.58. The van der Waals surface area contributed by atoms with Gasteiger partial charge in [-0.2, -0.15) is 133 Å². The highest BCUT2D eigenvalue weighted by molar-refractivity contribution is 7.71. The molecule has 3 unspecified atom stereocenters. The molecule has 0 bridgehead atoms. The predicted octanol–water partition coefficient (Wildman–Crippen LogP) is 9.76. The van der Waals surface area contributed by atoms with Crippen LogP contribution in [0.4, 0.5) is 123 Å². The van der Waals surface area contributed by atoms with Gasteiger partial charge in [-0.15, -0.1) is 0 Å². The van der Waals surface area contributed by atoms with E-state index in [0.717, 1.165) is 10.2 Å². The van der Waals surface area contributed by atoms with Crippen LogP contribution >= 0.6 is 24.4 Å². The Hall–Kier alpha value is -3.36. The topological polar surface area (TPSA) is 117 Å². The molecule has 328 valence electrons. The molecule has 56 heavy (non-hydrogen) atoms. The van der Waals surface area contributed by atoms with E-state index in [-0.39, 0.29) is 0 Å². The number of halogens is 28. The average Bonchev–Trinajstić information content (AvgIpc) is 3.58. The SMILES string of the molecule is FC(F)(F)C(F)(OC(F)(F)C(F)(F)C(F)(F)F)c1nc(=S)[nH][nH]1.FC(F)(F)C(F)(OC(F)(F)C(F)(OC(F)(F)C(F)(F)C(F)(F)F)C(F)(F)F)c1nc(=S)[nH][nH]1. The van der Waals surface area contributed by atoms with Gasteiger partial charge in [0.15, 0.2) is 11.6 Å². The first kappa shape index (κ1) is 50.7. The maximum atomic E-state index is 14.2. The molecule has 39 heteroatoms. The maximum Gasteiger partial charge on any atom is 0.462 e. The van der Waals surface area contributed by atoms with E-state index < -0.39 is 99.8 Å². The summed E-state index contributed by atoms with van der Waals surface area (Å²) in [4.78, 5) is 4.81. The van der Waals surface area contributed by atoms with Crippen LogP contribution in [-0.2, 0) is 25.9 Å². The Balaban J connectivity index is 0.000000597. The quantitative estimate of drug-likeness (QED) is 0.131. The van der Waals surface area contributed by atoms with Gasteiger partial charge in [0, 0.05) is 0 Å². The van der Waals surface area contributed by atoms with Gasteiger partial charge in [0.2, 0.25) is 9.54 Å². The van der Waals surface area contributed by atoms with Crippen molar-refractivity contribution in [3.63, 3.8) is 0 Å². The van der Waals surface area contributed by atoms with Crippen molar-refractivity contribution in [2.24, 2.45) is 0 Å². The summed E-state index contributed by atoms with van der Waals surface area (Å²) in [6.45, 7) is 0. The number of hydrogen-bond donors (Lipinski definition) is 4. The number of rotatable bonds is 11. The van der Waals surface area contributed by atoms with Crippen LogP contribution in [0.25, 0.3) is 0 Å². The molecule has 0 saturated carbocycles. The van der Waals surface area contributed by atoms with Gasteiger partial charge in [0.1, 0.15) is 0 Å². The molecule has 2 aromatic rings. The third kappa shape index (κ3) is 9.17. The second-order valence-corrected chi connectivity index (χ2v) is 10.1. The van der Waals surface area contributed by atoms with Crippen molar-refractivity contribution in [3.8, 4) is 0 Å². The van der Waals surface area contributed by atoms with Gasteiger partial charge < -0.3 is 0 Å². The molecule has 2 heterocycles. The van der Waals surface area contributed by atoms with Crippen molar-refractivity contribution in [2.75, 3.05) is 0 Å². The first-order valence-electron chi connectivity index (χ1n) is 11.8. The van der Waals surface area contributed by atoms with Gasteiger partial charge in [-0.25, -0.2) is 0 Å². The summed E-state index contributed by atoms with van der Waals surface area (Å²) in [5.41, 5.74) is 0. The minimum Gasteiger partial charge on any atom is -0.281 e. The average molecular weight is 936 g/mol. The summed E-state index contributed by atoms with van der Waals surface area (Å²) in [7, 11) is 0. The second kappa shape index (κ2) is 14.5. The fourth-order valence-electron chi connectivity index (χ4n) is 2.66. The fourth-order valence-corrected chi connectivity index (χ4v) is 2.95. The molecule has 2 rings (SSSR count). The number of nitrogens with zero attached hydrogens (tertiary/aromatic N) is 2. The number of ether oxygens (including phenoxy) is 3. The smallest absolute Gasteiger partial charge is 0.281 e. The Bertz CT molecular complexity index is 1770. The minimum absolute atomic E-state index is 0.903. The van der Waals surface area contributed by atoms with Crippen LogP contribution in [0.15, 0.2) is 0 Å². The van der Waals surface area contributed by atoms with E-state index in [0.29, 0.717) is 0 Å². The molecule has 0 amide bonds. The predicted molar refractivity (Wildman–Crippen MR) is 115 cm³/mol. The third-order valence-corrected chi connectivity index (χ3v) is 5.72. The van der Waals surface area contributed by atoms with Crippen LogP contribution in [0.2, 0.25) is 0 Å². The lowest BCUT2D eigenvalue weighted by Gasteiger charge is -2.40. The maximum absolute atomic E-state index is 14.2. The number of H-pyrrole nitrogens is 4. The second-order valence-electron chi connectivity index (χ2n) is 9.31. The van der Waals surface area contributed by atoms with Crippen molar-refractivity contribution in [1.29, 1.82) is 0 Å². The molecule has 0 radical (unpaired) electrons. The number of hydrogen-bond acceptors (Lipinski definition) is 7. The summed E-state index contributed by atoms with van der Waals surface area (Å²) in [5, 5.41) is 4.85. The van der Waals surface area contributed by atoms with Gasteiger partial charge in [-0.3, -0.25) is 34.6 Å². The molecule has 4 N–H and O–H groups in total. The van der Waals surface area contributed by atoms with E-state index in [9.17, 15) is 123 Å². The van der Waals surface area contributed by atoms with Gasteiger partial charge in [0.25, 0.3) is 0 Å². The molecule has 0 aliphatic heterocycles. The lowest BCUT2D eigenvalue weighted by molar-refractivity contribution is -0.554. The van der Waals surface area contributed by atoms with Gasteiger partial charge in [-0.05, 0) is 24.4 Å². The van der Waals surface area contributed by atoms with E-state index in [1.807, 2.05) is 0 Å². The molecule has 2 aromatic heterocycles. The monoisotopic (exact) mass is 936 g/mol. The van der Waals surface area contributed by atoms with Crippen LogP contribution in [0.3, 0.4) is 0 Å². The third-order valence-electron chi connectivity index (χ3n) is 5.33. The Morgan fingerprint density at radius 1 is 0.339 bits per heavy atom. The van der Waals surface area contributed by atoms with E-state index in [1.165, 1.54) is 14.9 Å². The zero-order valence-corrected chi connectivity index (χ0v) is 25.7. The van der Waals surface area contributed by atoms with Gasteiger partial charge >= 0.3 is 78.6 Å². The van der Waals surface area contributed by atoms with Crippen molar-refractivity contribution in [3.05, 3.63) is 21.2 Å². The summed E-state index contributed by atoms with van der Waals surface area (Å²) in [6, 6.07) is 0. The molecule has 9 nitrogen and oxygen atoms in total. The first-order chi connectivity index (χ1) is 24.1.